The first-order valence-corrected chi connectivity index (χ1v) is 7.15. The molecule has 0 radical (unpaired) electrons. The van der Waals surface area contributed by atoms with E-state index in [-0.39, 0.29) is 5.91 Å². The van der Waals surface area contributed by atoms with E-state index in [0.717, 1.165) is 27.5 Å². The Bertz CT molecular complexity index is 994. The molecule has 0 spiro atoms. The average molecular weight is 289 g/mol. The fourth-order valence-corrected chi connectivity index (χ4v) is 2.83. The second kappa shape index (κ2) is 4.77. The molecule has 4 aromatic rings. The molecule has 0 saturated carbocycles. The van der Waals surface area contributed by atoms with Gasteiger partial charge in [0.05, 0.1) is 0 Å². The molecule has 2 aromatic heterocycles. The van der Waals surface area contributed by atoms with Crippen molar-refractivity contribution in [2.75, 3.05) is 5.32 Å². The number of nitrogens with zero attached hydrogens (tertiary/aromatic N) is 1. The lowest BCUT2D eigenvalue weighted by atomic mass is 10.2. The molecule has 0 atom stereocenters. The Kier molecular flexibility index (Phi) is 2.76. The summed E-state index contributed by atoms with van der Waals surface area (Å²) in [7, 11) is 1.91. The van der Waals surface area contributed by atoms with Crippen molar-refractivity contribution in [3.8, 4) is 0 Å². The Morgan fingerprint density at radius 3 is 2.77 bits per heavy atom. The highest BCUT2D eigenvalue weighted by Gasteiger charge is 2.13. The van der Waals surface area contributed by atoms with Crippen LogP contribution in [0.2, 0.25) is 0 Å². The lowest BCUT2D eigenvalue weighted by molar-refractivity contribution is 0.102. The van der Waals surface area contributed by atoms with E-state index < -0.39 is 0 Å². The van der Waals surface area contributed by atoms with E-state index in [2.05, 4.69) is 10.3 Å². The van der Waals surface area contributed by atoms with Gasteiger partial charge in [-0.1, -0.05) is 24.3 Å². The van der Waals surface area contributed by atoms with E-state index in [4.69, 9.17) is 0 Å². The zero-order valence-corrected chi connectivity index (χ0v) is 12.1. The standard InChI is InChI=1S/C18H15N3O/c1-21-16-5-3-2-4-13(16)10-17(21)18(22)20-14-7-6-12-8-9-19-15(12)11-14/h2-11,19H,1H3,(H,20,22). The number of anilines is 1. The highest BCUT2D eigenvalue weighted by Crippen LogP contribution is 2.21. The molecule has 0 bridgehead atoms. The number of aromatic amines is 1. The summed E-state index contributed by atoms with van der Waals surface area (Å²) in [5, 5.41) is 5.15. The van der Waals surface area contributed by atoms with E-state index in [1.807, 2.05) is 72.4 Å². The summed E-state index contributed by atoms with van der Waals surface area (Å²) in [5.74, 6) is -0.107. The number of fused-ring (bicyclic) bond motifs is 2. The molecule has 0 saturated heterocycles. The summed E-state index contributed by atoms with van der Waals surface area (Å²) in [6.07, 6.45) is 1.89. The number of benzene rings is 2. The predicted molar refractivity (Wildman–Crippen MR) is 89.2 cm³/mol. The number of nitrogens with one attached hydrogen (secondary N) is 2. The summed E-state index contributed by atoms with van der Waals surface area (Å²) in [6, 6.07) is 17.7. The number of hydrogen-bond donors (Lipinski definition) is 2. The third kappa shape index (κ3) is 1.97. The zero-order valence-electron chi connectivity index (χ0n) is 12.1. The summed E-state index contributed by atoms with van der Waals surface area (Å²) in [4.78, 5) is 15.7. The molecule has 0 aliphatic rings. The number of aryl methyl sites for hydroxylation is 1. The van der Waals surface area contributed by atoms with Gasteiger partial charge in [0, 0.05) is 35.4 Å². The van der Waals surface area contributed by atoms with Gasteiger partial charge in [0.15, 0.2) is 0 Å². The van der Waals surface area contributed by atoms with Gasteiger partial charge in [0.1, 0.15) is 5.69 Å². The molecule has 2 aromatic carbocycles. The zero-order chi connectivity index (χ0) is 15.1. The van der Waals surface area contributed by atoms with Crippen molar-refractivity contribution in [3.05, 3.63) is 66.5 Å². The molecule has 4 heteroatoms. The van der Waals surface area contributed by atoms with Crippen LogP contribution in [0.3, 0.4) is 0 Å². The van der Waals surface area contributed by atoms with E-state index in [9.17, 15) is 4.79 Å². The van der Waals surface area contributed by atoms with Gasteiger partial charge in [-0.2, -0.15) is 0 Å². The van der Waals surface area contributed by atoms with Crippen LogP contribution < -0.4 is 5.32 Å². The topological polar surface area (TPSA) is 49.8 Å². The smallest absolute Gasteiger partial charge is 0.272 e. The molecule has 0 fully saturated rings. The minimum Gasteiger partial charge on any atom is -0.361 e. The first kappa shape index (κ1) is 12.7. The van der Waals surface area contributed by atoms with Crippen molar-refractivity contribution in [3.63, 3.8) is 0 Å². The maximum atomic E-state index is 12.5. The average Bonchev–Trinajstić information content (AvgIpc) is 3.12. The third-order valence-electron chi connectivity index (χ3n) is 4.00. The lowest BCUT2D eigenvalue weighted by Gasteiger charge is -2.07. The maximum Gasteiger partial charge on any atom is 0.272 e. The molecular weight excluding hydrogens is 274 g/mol. The molecule has 0 aliphatic carbocycles. The molecule has 2 N–H and O–H groups in total. The molecule has 1 amide bonds. The van der Waals surface area contributed by atoms with Crippen LogP contribution in [0.25, 0.3) is 21.8 Å². The van der Waals surface area contributed by atoms with Crippen molar-refractivity contribution < 1.29 is 4.79 Å². The van der Waals surface area contributed by atoms with Crippen LogP contribution in [0, 0.1) is 0 Å². The van der Waals surface area contributed by atoms with Crippen LogP contribution >= 0.6 is 0 Å². The monoisotopic (exact) mass is 289 g/mol. The molecule has 4 nitrogen and oxygen atoms in total. The Morgan fingerprint density at radius 1 is 1.05 bits per heavy atom. The molecule has 2 heterocycles. The molecular formula is C18H15N3O. The van der Waals surface area contributed by atoms with Crippen molar-refractivity contribution in [1.82, 2.24) is 9.55 Å². The third-order valence-corrected chi connectivity index (χ3v) is 4.00. The van der Waals surface area contributed by atoms with Gasteiger partial charge in [-0.05, 0) is 35.7 Å². The van der Waals surface area contributed by atoms with Gasteiger partial charge in [-0.15, -0.1) is 0 Å². The highest BCUT2D eigenvalue weighted by atomic mass is 16.1. The van der Waals surface area contributed by atoms with Crippen molar-refractivity contribution in [2.24, 2.45) is 7.05 Å². The van der Waals surface area contributed by atoms with Crippen LogP contribution in [0.4, 0.5) is 5.69 Å². The number of hydrogen-bond acceptors (Lipinski definition) is 1. The number of aromatic nitrogens is 2. The minimum atomic E-state index is -0.107. The first-order valence-electron chi connectivity index (χ1n) is 7.15. The van der Waals surface area contributed by atoms with E-state index >= 15 is 0 Å². The van der Waals surface area contributed by atoms with Gasteiger partial charge < -0.3 is 14.9 Å². The summed E-state index contributed by atoms with van der Waals surface area (Å²) >= 11 is 0. The summed E-state index contributed by atoms with van der Waals surface area (Å²) < 4.78 is 1.91. The van der Waals surface area contributed by atoms with Gasteiger partial charge in [-0.25, -0.2) is 0 Å². The summed E-state index contributed by atoms with van der Waals surface area (Å²) in [6.45, 7) is 0. The molecule has 22 heavy (non-hydrogen) atoms. The number of amides is 1. The van der Waals surface area contributed by atoms with Crippen molar-refractivity contribution in [2.45, 2.75) is 0 Å². The van der Waals surface area contributed by atoms with Crippen molar-refractivity contribution >= 4 is 33.4 Å². The largest absolute Gasteiger partial charge is 0.361 e. The number of carbonyl (C=O) groups excluding carboxylic acids is 1. The van der Waals surface area contributed by atoms with Crippen LogP contribution in [0.5, 0.6) is 0 Å². The Balaban J connectivity index is 1.69. The van der Waals surface area contributed by atoms with Crippen LogP contribution in [0.1, 0.15) is 10.5 Å². The number of carbonyl (C=O) groups is 1. The number of para-hydroxylation sites is 1. The van der Waals surface area contributed by atoms with E-state index in [1.54, 1.807) is 0 Å². The van der Waals surface area contributed by atoms with Crippen LogP contribution in [-0.2, 0) is 7.05 Å². The number of rotatable bonds is 2. The molecule has 4 rings (SSSR count). The Labute approximate surface area is 127 Å². The van der Waals surface area contributed by atoms with Crippen molar-refractivity contribution in [1.29, 1.82) is 0 Å². The maximum absolute atomic E-state index is 12.5. The van der Waals surface area contributed by atoms with E-state index in [0.29, 0.717) is 5.69 Å². The first-order chi connectivity index (χ1) is 10.7. The van der Waals surface area contributed by atoms with Gasteiger partial charge in [-0.3, -0.25) is 4.79 Å². The normalized spacial score (nSPS) is 11.1. The van der Waals surface area contributed by atoms with E-state index in [1.165, 1.54) is 0 Å². The molecule has 108 valence electrons. The fraction of sp³-hybridized carbons (Fsp3) is 0.0556. The Morgan fingerprint density at radius 2 is 1.91 bits per heavy atom. The SMILES string of the molecule is Cn1c(C(=O)Nc2ccc3cc[nH]c3c2)cc2ccccc21. The lowest BCUT2D eigenvalue weighted by Crippen LogP contribution is -2.15. The molecule has 0 aliphatic heterocycles. The second-order valence-electron chi connectivity index (χ2n) is 5.38. The van der Waals surface area contributed by atoms with Crippen LogP contribution in [-0.4, -0.2) is 15.5 Å². The quantitative estimate of drug-likeness (QED) is 0.577. The highest BCUT2D eigenvalue weighted by molar-refractivity contribution is 6.07. The fourth-order valence-electron chi connectivity index (χ4n) is 2.83. The van der Waals surface area contributed by atoms with Gasteiger partial charge in [0.2, 0.25) is 0 Å². The second-order valence-corrected chi connectivity index (χ2v) is 5.38. The number of H-pyrrole nitrogens is 1. The Hall–Kier alpha value is -3.01. The summed E-state index contributed by atoms with van der Waals surface area (Å²) in [5.41, 5.74) is 3.49. The minimum absolute atomic E-state index is 0.107. The van der Waals surface area contributed by atoms with Gasteiger partial charge in [0.25, 0.3) is 5.91 Å². The predicted octanol–water partition coefficient (Wildman–Crippen LogP) is 3.91. The molecule has 0 unspecified atom stereocenters. The van der Waals surface area contributed by atoms with Crippen LogP contribution in [0.15, 0.2) is 60.8 Å². The van der Waals surface area contributed by atoms with Gasteiger partial charge >= 0.3 is 0 Å².